The van der Waals surface area contributed by atoms with E-state index in [0.717, 1.165) is 41.7 Å². The Morgan fingerprint density at radius 3 is 2.45 bits per heavy atom. The summed E-state index contributed by atoms with van der Waals surface area (Å²) in [6.07, 6.45) is 2.59. The summed E-state index contributed by atoms with van der Waals surface area (Å²) in [5.41, 5.74) is 7.97. The molecular formula is C15H28BrN3O. The summed E-state index contributed by atoms with van der Waals surface area (Å²) >= 11 is 3.67. The third-order valence-corrected chi connectivity index (χ3v) is 4.76. The molecule has 1 aromatic rings. The van der Waals surface area contributed by atoms with Crippen molar-refractivity contribution in [2.24, 2.45) is 17.1 Å². The van der Waals surface area contributed by atoms with Crippen LogP contribution in [-0.2, 0) is 19.4 Å². The number of aliphatic hydroxyl groups is 1. The molecule has 0 fully saturated rings. The van der Waals surface area contributed by atoms with E-state index in [9.17, 15) is 5.11 Å². The number of rotatable bonds is 8. The van der Waals surface area contributed by atoms with Gasteiger partial charge < -0.3 is 10.8 Å². The molecule has 1 atom stereocenters. The highest BCUT2D eigenvalue weighted by molar-refractivity contribution is 9.10. The van der Waals surface area contributed by atoms with Crippen molar-refractivity contribution in [3.05, 3.63) is 15.9 Å². The van der Waals surface area contributed by atoms with Crippen molar-refractivity contribution in [3.63, 3.8) is 0 Å². The zero-order valence-corrected chi connectivity index (χ0v) is 14.7. The minimum atomic E-state index is -0.255. The van der Waals surface area contributed by atoms with Gasteiger partial charge in [-0.2, -0.15) is 5.10 Å². The molecule has 1 rings (SSSR count). The van der Waals surface area contributed by atoms with Gasteiger partial charge in [-0.25, -0.2) is 0 Å². The molecule has 0 spiro atoms. The molecule has 1 unspecified atom stereocenters. The fourth-order valence-corrected chi connectivity index (χ4v) is 3.52. The van der Waals surface area contributed by atoms with Crippen LogP contribution in [0.1, 0.15) is 45.5 Å². The molecule has 1 heterocycles. The number of hydrogen-bond acceptors (Lipinski definition) is 3. The van der Waals surface area contributed by atoms with E-state index < -0.39 is 0 Å². The third kappa shape index (κ3) is 3.83. The molecule has 0 radical (unpaired) electrons. The normalized spacial score (nSPS) is 14.8. The summed E-state index contributed by atoms with van der Waals surface area (Å²) < 4.78 is 3.11. The second-order valence-corrected chi connectivity index (χ2v) is 6.81. The number of nitrogens with two attached hydrogens (primary N) is 1. The average molecular weight is 346 g/mol. The van der Waals surface area contributed by atoms with E-state index in [2.05, 4.69) is 48.7 Å². The minimum absolute atomic E-state index is 0.116. The molecular weight excluding hydrogens is 318 g/mol. The van der Waals surface area contributed by atoms with Crippen LogP contribution in [-0.4, -0.2) is 28.0 Å². The second-order valence-electron chi connectivity index (χ2n) is 6.01. The van der Waals surface area contributed by atoms with Gasteiger partial charge in [0.25, 0.3) is 0 Å². The minimum Gasteiger partial charge on any atom is -0.396 e. The zero-order valence-electron chi connectivity index (χ0n) is 13.1. The first-order valence-electron chi connectivity index (χ1n) is 7.48. The standard InChI is InChI=1S/C15H28BrN3O/c1-5-12-14(16)13(19(6-2)18-12)8-15(9-17,10-20)7-11(3)4/h11,20H,5-10,17H2,1-4H3. The van der Waals surface area contributed by atoms with Gasteiger partial charge in [-0.05, 0) is 48.0 Å². The van der Waals surface area contributed by atoms with E-state index in [0.29, 0.717) is 12.5 Å². The van der Waals surface area contributed by atoms with Crippen LogP contribution in [0.4, 0.5) is 0 Å². The SMILES string of the molecule is CCc1nn(CC)c(CC(CN)(CO)CC(C)C)c1Br. The van der Waals surface area contributed by atoms with Crippen molar-refractivity contribution in [1.82, 2.24) is 9.78 Å². The Labute approximate surface area is 130 Å². The van der Waals surface area contributed by atoms with Crippen molar-refractivity contribution < 1.29 is 5.11 Å². The molecule has 0 amide bonds. The first-order valence-corrected chi connectivity index (χ1v) is 8.27. The van der Waals surface area contributed by atoms with Gasteiger partial charge in [0.15, 0.2) is 0 Å². The summed E-state index contributed by atoms with van der Waals surface area (Å²) in [5, 5.41) is 14.5. The summed E-state index contributed by atoms with van der Waals surface area (Å²) in [6.45, 7) is 9.98. The molecule has 0 aliphatic carbocycles. The van der Waals surface area contributed by atoms with Gasteiger partial charge in [0, 0.05) is 18.5 Å². The van der Waals surface area contributed by atoms with Gasteiger partial charge in [-0.15, -0.1) is 0 Å². The molecule has 4 nitrogen and oxygen atoms in total. The summed E-state index contributed by atoms with van der Waals surface area (Å²) in [4.78, 5) is 0. The Morgan fingerprint density at radius 1 is 1.40 bits per heavy atom. The van der Waals surface area contributed by atoms with Gasteiger partial charge in [0.1, 0.15) is 0 Å². The van der Waals surface area contributed by atoms with Crippen molar-refractivity contribution in [3.8, 4) is 0 Å². The van der Waals surface area contributed by atoms with Gasteiger partial charge in [0.05, 0.1) is 22.5 Å². The van der Waals surface area contributed by atoms with Crippen molar-refractivity contribution in [2.75, 3.05) is 13.2 Å². The van der Waals surface area contributed by atoms with Crippen LogP contribution in [0.15, 0.2) is 4.47 Å². The molecule has 3 N–H and O–H groups in total. The topological polar surface area (TPSA) is 64.1 Å². The van der Waals surface area contributed by atoms with Crippen LogP contribution >= 0.6 is 15.9 Å². The maximum absolute atomic E-state index is 9.88. The highest BCUT2D eigenvalue weighted by Crippen LogP contribution is 2.33. The lowest BCUT2D eigenvalue weighted by Crippen LogP contribution is -2.38. The van der Waals surface area contributed by atoms with Crippen LogP contribution in [0.3, 0.4) is 0 Å². The smallest absolute Gasteiger partial charge is 0.0766 e. The first kappa shape index (κ1) is 17.7. The van der Waals surface area contributed by atoms with Crippen LogP contribution in [0.5, 0.6) is 0 Å². The molecule has 0 aliphatic heterocycles. The van der Waals surface area contributed by atoms with E-state index >= 15 is 0 Å². The maximum Gasteiger partial charge on any atom is 0.0766 e. The van der Waals surface area contributed by atoms with Crippen LogP contribution in [0.2, 0.25) is 0 Å². The molecule has 1 aromatic heterocycles. The van der Waals surface area contributed by atoms with Crippen molar-refractivity contribution >= 4 is 15.9 Å². The summed E-state index contributed by atoms with van der Waals surface area (Å²) in [5.74, 6) is 0.508. The Hall–Kier alpha value is -0.390. The maximum atomic E-state index is 9.88. The lowest BCUT2D eigenvalue weighted by Gasteiger charge is -2.32. The van der Waals surface area contributed by atoms with Crippen molar-refractivity contribution in [1.29, 1.82) is 0 Å². The lowest BCUT2D eigenvalue weighted by molar-refractivity contribution is 0.105. The molecule has 0 saturated heterocycles. The summed E-state index contributed by atoms with van der Waals surface area (Å²) in [6, 6.07) is 0. The highest BCUT2D eigenvalue weighted by atomic mass is 79.9. The van der Waals surface area contributed by atoms with Gasteiger partial charge in [0.2, 0.25) is 0 Å². The second kappa shape index (κ2) is 7.57. The number of nitrogens with zero attached hydrogens (tertiary/aromatic N) is 2. The largest absolute Gasteiger partial charge is 0.396 e. The van der Waals surface area contributed by atoms with E-state index in [-0.39, 0.29) is 12.0 Å². The van der Waals surface area contributed by atoms with Crippen LogP contribution in [0, 0.1) is 11.3 Å². The van der Waals surface area contributed by atoms with E-state index in [4.69, 9.17) is 5.73 Å². The van der Waals surface area contributed by atoms with E-state index in [1.54, 1.807) is 0 Å². The number of aromatic nitrogens is 2. The number of aryl methyl sites for hydroxylation is 2. The third-order valence-electron chi connectivity index (χ3n) is 3.85. The fraction of sp³-hybridized carbons (Fsp3) is 0.800. The van der Waals surface area contributed by atoms with Gasteiger partial charge >= 0.3 is 0 Å². The Kier molecular flexibility index (Phi) is 6.69. The lowest BCUT2D eigenvalue weighted by atomic mass is 9.77. The van der Waals surface area contributed by atoms with E-state index in [1.165, 1.54) is 0 Å². The fourth-order valence-electron chi connectivity index (χ4n) is 2.82. The predicted octanol–water partition coefficient (Wildman–Crippen LogP) is 2.75. The van der Waals surface area contributed by atoms with E-state index in [1.807, 2.05) is 4.68 Å². The average Bonchev–Trinajstić information content (AvgIpc) is 2.73. The summed E-state index contributed by atoms with van der Waals surface area (Å²) in [7, 11) is 0. The molecule has 20 heavy (non-hydrogen) atoms. The number of halogens is 1. The molecule has 0 bridgehead atoms. The monoisotopic (exact) mass is 345 g/mol. The molecule has 0 aliphatic rings. The molecule has 116 valence electrons. The van der Waals surface area contributed by atoms with Crippen LogP contribution in [0.25, 0.3) is 0 Å². The van der Waals surface area contributed by atoms with Gasteiger partial charge in [-0.1, -0.05) is 20.8 Å². The Morgan fingerprint density at radius 2 is 2.05 bits per heavy atom. The molecule has 0 aromatic carbocycles. The quantitative estimate of drug-likeness (QED) is 0.761. The Balaban J connectivity index is 3.13. The molecule has 5 heteroatoms. The molecule has 0 saturated carbocycles. The predicted molar refractivity (Wildman–Crippen MR) is 86.7 cm³/mol. The van der Waals surface area contributed by atoms with Gasteiger partial charge in [-0.3, -0.25) is 4.68 Å². The first-order chi connectivity index (χ1) is 9.42. The van der Waals surface area contributed by atoms with Crippen molar-refractivity contribution in [2.45, 2.75) is 53.5 Å². The zero-order chi connectivity index (χ0) is 15.3. The Bertz CT molecular complexity index is 425. The number of aliphatic hydroxyl groups excluding tert-OH is 1. The van der Waals surface area contributed by atoms with Crippen LogP contribution < -0.4 is 5.73 Å². The number of hydrogen-bond donors (Lipinski definition) is 2. The highest BCUT2D eigenvalue weighted by Gasteiger charge is 2.32.